The first-order valence-electron chi connectivity index (χ1n) is 8.56. The summed E-state index contributed by atoms with van der Waals surface area (Å²) in [6, 6.07) is 8.72. The Balaban J connectivity index is 2.01. The van der Waals surface area contributed by atoms with E-state index in [1.165, 1.54) is 46.2 Å². The van der Waals surface area contributed by atoms with Crippen molar-refractivity contribution < 1.29 is 19.4 Å². The number of halogens is 1. The molecule has 2 amide bonds. The van der Waals surface area contributed by atoms with E-state index in [1.807, 2.05) is 0 Å². The van der Waals surface area contributed by atoms with Crippen LogP contribution in [0.5, 0.6) is 0 Å². The molecule has 1 heterocycles. The number of hydrogen-bond donors (Lipinski definition) is 0. The largest absolute Gasteiger partial charge is 0.324 e. The summed E-state index contributed by atoms with van der Waals surface area (Å²) >= 11 is 6.10. The minimum atomic E-state index is -0.660. The molecule has 11 heteroatoms. The number of nitro benzene ring substituents is 2. The highest BCUT2D eigenvalue weighted by Gasteiger charge is 2.28. The number of non-ortho nitro benzene ring substituents is 2. The van der Waals surface area contributed by atoms with Crippen LogP contribution in [0, 0.1) is 20.2 Å². The number of nitrogens with zero attached hydrogens (tertiary/aromatic N) is 4. The lowest BCUT2D eigenvalue weighted by Gasteiger charge is -2.28. The van der Waals surface area contributed by atoms with Gasteiger partial charge in [0.2, 0.25) is 5.91 Å². The van der Waals surface area contributed by atoms with Crippen molar-refractivity contribution in [3.8, 4) is 0 Å². The van der Waals surface area contributed by atoms with Crippen molar-refractivity contribution in [2.45, 2.75) is 12.8 Å². The molecule has 1 fully saturated rings. The Morgan fingerprint density at radius 2 is 1.69 bits per heavy atom. The quantitative estimate of drug-likeness (QED) is 0.522. The van der Waals surface area contributed by atoms with Crippen LogP contribution in [0.4, 0.5) is 17.1 Å². The van der Waals surface area contributed by atoms with Crippen molar-refractivity contribution in [1.29, 1.82) is 0 Å². The number of benzene rings is 2. The van der Waals surface area contributed by atoms with Crippen molar-refractivity contribution in [2.75, 3.05) is 18.1 Å². The summed E-state index contributed by atoms with van der Waals surface area (Å²) in [5.41, 5.74) is -0.279. The first-order chi connectivity index (χ1) is 13.8. The van der Waals surface area contributed by atoms with E-state index in [1.54, 1.807) is 0 Å². The molecule has 3 rings (SSSR count). The Kier molecular flexibility index (Phi) is 5.74. The average Bonchev–Trinajstić information content (AvgIpc) is 3.10. The van der Waals surface area contributed by atoms with Gasteiger partial charge in [-0.05, 0) is 24.6 Å². The predicted octanol–water partition coefficient (Wildman–Crippen LogP) is 3.38. The highest BCUT2D eigenvalue weighted by molar-refractivity contribution is 6.34. The number of nitro groups is 2. The number of carbonyl (C=O) groups excluding carboxylic acids is 2. The third-order valence-electron chi connectivity index (χ3n) is 4.49. The first kappa shape index (κ1) is 20.2. The van der Waals surface area contributed by atoms with E-state index in [2.05, 4.69) is 0 Å². The van der Waals surface area contributed by atoms with Gasteiger partial charge in [0, 0.05) is 42.9 Å². The second-order valence-electron chi connectivity index (χ2n) is 6.33. The number of hydrogen-bond acceptors (Lipinski definition) is 6. The van der Waals surface area contributed by atoms with Gasteiger partial charge in [-0.15, -0.1) is 0 Å². The number of amides is 2. The summed E-state index contributed by atoms with van der Waals surface area (Å²) in [7, 11) is 0. The second kappa shape index (κ2) is 8.23. The summed E-state index contributed by atoms with van der Waals surface area (Å²) in [4.78, 5) is 48.7. The molecule has 0 atom stereocenters. The Morgan fingerprint density at radius 1 is 1.07 bits per heavy atom. The molecule has 1 aliphatic heterocycles. The zero-order valence-corrected chi connectivity index (χ0v) is 15.7. The molecule has 29 heavy (non-hydrogen) atoms. The predicted molar refractivity (Wildman–Crippen MR) is 104 cm³/mol. The van der Waals surface area contributed by atoms with E-state index in [4.69, 9.17) is 11.6 Å². The van der Waals surface area contributed by atoms with Crippen LogP contribution in [0.3, 0.4) is 0 Å². The highest BCUT2D eigenvalue weighted by Crippen LogP contribution is 2.27. The van der Waals surface area contributed by atoms with Crippen molar-refractivity contribution in [1.82, 2.24) is 4.90 Å². The molecule has 2 aromatic carbocycles. The van der Waals surface area contributed by atoms with Gasteiger partial charge in [-0.25, -0.2) is 0 Å². The van der Waals surface area contributed by atoms with Gasteiger partial charge in [-0.1, -0.05) is 11.6 Å². The molecule has 150 valence electrons. The van der Waals surface area contributed by atoms with Crippen LogP contribution in [-0.2, 0) is 4.79 Å². The third kappa shape index (κ3) is 4.32. The minimum Gasteiger partial charge on any atom is -0.324 e. The lowest BCUT2D eigenvalue weighted by molar-refractivity contribution is -0.385. The Hall–Kier alpha value is -3.53. The molecule has 0 aromatic heterocycles. The van der Waals surface area contributed by atoms with Crippen LogP contribution in [-0.4, -0.2) is 39.8 Å². The lowest BCUT2D eigenvalue weighted by Crippen LogP contribution is -2.42. The Bertz CT molecular complexity index is 994. The molecule has 0 radical (unpaired) electrons. The SMILES string of the molecule is O=C1CCCN1CN(C(=O)c1cc([N+](=O)[O-])ccc1Cl)c1ccc([N+](=O)[O-])cc1. The maximum Gasteiger partial charge on any atom is 0.270 e. The van der Waals surface area contributed by atoms with E-state index in [9.17, 15) is 29.8 Å². The molecule has 1 aliphatic rings. The highest BCUT2D eigenvalue weighted by atomic mass is 35.5. The molecule has 1 saturated heterocycles. The Labute approximate surface area is 169 Å². The Morgan fingerprint density at radius 3 is 2.24 bits per heavy atom. The molecule has 0 spiro atoms. The van der Waals surface area contributed by atoms with Crippen molar-refractivity contribution in [2.24, 2.45) is 0 Å². The van der Waals surface area contributed by atoms with Gasteiger partial charge in [0.1, 0.15) is 6.67 Å². The van der Waals surface area contributed by atoms with Gasteiger partial charge in [0.05, 0.1) is 20.4 Å². The zero-order valence-electron chi connectivity index (χ0n) is 15.0. The fraction of sp³-hybridized carbons (Fsp3) is 0.222. The number of anilines is 1. The summed E-state index contributed by atoms with van der Waals surface area (Å²) in [6.45, 7) is 0.354. The molecule has 10 nitrogen and oxygen atoms in total. The van der Waals surface area contributed by atoms with Crippen LogP contribution in [0.2, 0.25) is 5.02 Å². The van der Waals surface area contributed by atoms with E-state index in [0.29, 0.717) is 25.1 Å². The standard InChI is InChI=1S/C18H15ClN4O6/c19-16-8-7-14(23(28)29)10-15(16)18(25)21(11-20-9-1-2-17(20)24)12-3-5-13(6-4-12)22(26)27/h3-8,10H,1-2,9,11H2. The maximum absolute atomic E-state index is 13.2. The second-order valence-corrected chi connectivity index (χ2v) is 6.74. The van der Waals surface area contributed by atoms with Gasteiger partial charge in [0.25, 0.3) is 17.3 Å². The first-order valence-corrected chi connectivity index (χ1v) is 8.94. The van der Waals surface area contributed by atoms with Crippen LogP contribution in [0.25, 0.3) is 0 Å². The third-order valence-corrected chi connectivity index (χ3v) is 4.82. The van der Waals surface area contributed by atoms with Crippen LogP contribution in [0.1, 0.15) is 23.2 Å². The van der Waals surface area contributed by atoms with Gasteiger partial charge in [-0.2, -0.15) is 0 Å². The normalized spacial score (nSPS) is 13.4. The molecule has 0 saturated carbocycles. The average molecular weight is 419 g/mol. The van der Waals surface area contributed by atoms with Crippen molar-refractivity contribution in [3.63, 3.8) is 0 Å². The van der Waals surface area contributed by atoms with E-state index in [-0.39, 0.29) is 34.5 Å². The van der Waals surface area contributed by atoms with E-state index in [0.717, 1.165) is 6.07 Å². The summed E-state index contributed by atoms with van der Waals surface area (Å²) in [6.07, 6.45) is 1.01. The molecule has 0 N–H and O–H groups in total. The van der Waals surface area contributed by atoms with E-state index >= 15 is 0 Å². The molecule has 0 bridgehead atoms. The monoisotopic (exact) mass is 418 g/mol. The van der Waals surface area contributed by atoms with Gasteiger partial charge in [-0.3, -0.25) is 34.7 Å². The minimum absolute atomic E-state index is 0.0141. The zero-order chi connectivity index (χ0) is 21.1. The summed E-state index contributed by atoms with van der Waals surface area (Å²) in [5, 5.41) is 22.0. The van der Waals surface area contributed by atoms with E-state index < -0.39 is 15.8 Å². The lowest BCUT2D eigenvalue weighted by atomic mass is 10.1. The molecular weight excluding hydrogens is 404 g/mol. The summed E-state index contributed by atoms with van der Waals surface area (Å²) < 4.78 is 0. The smallest absolute Gasteiger partial charge is 0.270 e. The maximum atomic E-state index is 13.2. The molecule has 0 aliphatic carbocycles. The fourth-order valence-corrected chi connectivity index (χ4v) is 3.18. The summed E-state index contributed by atoms with van der Waals surface area (Å²) in [5.74, 6) is -0.790. The van der Waals surface area contributed by atoms with Crippen molar-refractivity contribution >= 4 is 40.5 Å². The van der Waals surface area contributed by atoms with Crippen LogP contribution >= 0.6 is 11.6 Å². The molecule has 2 aromatic rings. The van der Waals surface area contributed by atoms with Gasteiger partial charge in [0.15, 0.2) is 0 Å². The molecular formula is C18H15ClN4O6. The van der Waals surface area contributed by atoms with Crippen LogP contribution < -0.4 is 4.90 Å². The molecule has 0 unspecified atom stereocenters. The topological polar surface area (TPSA) is 127 Å². The van der Waals surface area contributed by atoms with Crippen molar-refractivity contribution in [3.05, 3.63) is 73.3 Å². The fourth-order valence-electron chi connectivity index (χ4n) is 2.98. The number of carbonyl (C=O) groups is 2. The van der Waals surface area contributed by atoms with Crippen LogP contribution in [0.15, 0.2) is 42.5 Å². The van der Waals surface area contributed by atoms with Gasteiger partial charge < -0.3 is 4.90 Å². The van der Waals surface area contributed by atoms with Gasteiger partial charge >= 0.3 is 0 Å². The number of rotatable bonds is 6. The number of likely N-dealkylation sites (tertiary alicyclic amines) is 1.